The van der Waals surface area contributed by atoms with E-state index in [2.05, 4.69) is 0 Å². The van der Waals surface area contributed by atoms with Gasteiger partial charge in [-0.15, -0.1) is 0 Å². The van der Waals surface area contributed by atoms with E-state index in [-0.39, 0.29) is 13.6 Å². The van der Waals surface area contributed by atoms with Gasteiger partial charge in [0.1, 0.15) is 0 Å². The molecule has 2 atom stereocenters. The SMILES string of the molecule is N#CC(O)c1ccc2c(c1)OCO2.N#CC(O)c1ccc2c(c1)OCO2. The van der Waals surface area contributed by atoms with Gasteiger partial charge in [0.2, 0.25) is 13.6 Å². The van der Waals surface area contributed by atoms with Crippen LogP contribution in [0.3, 0.4) is 0 Å². The average Bonchev–Trinajstić information content (AvgIpc) is 3.34. The van der Waals surface area contributed by atoms with Crippen LogP contribution < -0.4 is 18.9 Å². The minimum absolute atomic E-state index is 0.196. The highest BCUT2D eigenvalue weighted by Gasteiger charge is 2.16. The van der Waals surface area contributed by atoms with Crippen molar-refractivity contribution in [3.63, 3.8) is 0 Å². The normalized spacial score (nSPS) is 15.1. The zero-order valence-electron chi connectivity index (χ0n) is 13.5. The number of nitriles is 2. The van der Waals surface area contributed by atoms with Crippen molar-refractivity contribution in [2.24, 2.45) is 0 Å². The summed E-state index contributed by atoms with van der Waals surface area (Å²) in [7, 11) is 0. The highest BCUT2D eigenvalue weighted by atomic mass is 16.7. The molecule has 26 heavy (non-hydrogen) atoms. The predicted molar refractivity (Wildman–Crippen MR) is 86.3 cm³/mol. The maximum absolute atomic E-state index is 9.20. The molecule has 0 spiro atoms. The van der Waals surface area contributed by atoms with E-state index in [0.717, 1.165) is 0 Å². The first-order chi connectivity index (χ1) is 12.6. The molecule has 0 bridgehead atoms. The second-order valence-corrected chi connectivity index (χ2v) is 5.29. The molecule has 2 aromatic rings. The summed E-state index contributed by atoms with van der Waals surface area (Å²) < 4.78 is 20.3. The molecule has 0 aliphatic carbocycles. The Bertz CT molecular complexity index is 813. The van der Waals surface area contributed by atoms with Gasteiger partial charge in [-0.2, -0.15) is 10.5 Å². The Morgan fingerprint density at radius 1 is 0.692 bits per heavy atom. The Hall–Kier alpha value is -3.46. The maximum Gasteiger partial charge on any atom is 0.231 e. The average molecular weight is 354 g/mol. The van der Waals surface area contributed by atoms with Crippen molar-refractivity contribution in [3.8, 4) is 35.1 Å². The fraction of sp³-hybridized carbons (Fsp3) is 0.222. The van der Waals surface area contributed by atoms with Gasteiger partial charge in [-0.1, -0.05) is 12.1 Å². The summed E-state index contributed by atoms with van der Waals surface area (Å²) in [4.78, 5) is 0. The fourth-order valence-corrected chi connectivity index (χ4v) is 2.32. The lowest BCUT2D eigenvalue weighted by Crippen LogP contribution is -1.93. The Kier molecular flexibility index (Phi) is 5.09. The van der Waals surface area contributed by atoms with Crippen LogP contribution in [0.25, 0.3) is 0 Å². The molecule has 2 aromatic carbocycles. The number of fused-ring (bicyclic) bond motifs is 2. The third-order valence-corrected chi connectivity index (χ3v) is 3.67. The number of hydrogen-bond donors (Lipinski definition) is 2. The van der Waals surface area contributed by atoms with E-state index in [0.29, 0.717) is 34.1 Å². The second-order valence-electron chi connectivity index (χ2n) is 5.29. The zero-order chi connectivity index (χ0) is 18.5. The summed E-state index contributed by atoms with van der Waals surface area (Å²) in [5, 5.41) is 35.3. The van der Waals surface area contributed by atoms with Crippen molar-refractivity contribution >= 4 is 0 Å². The zero-order valence-corrected chi connectivity index (χ0v) is 13.5. The Morgan fingerprint density at radius 2 is 1.08 bits per heavy atom. The summed E-state index contributed by atoms with van der Waals surface area (Å²) >= 11 is 0. The maximum atomic E-state index is 9.20. The molecule has 8 heteroatoms. The van der Waals surface area contributed by atoms with Gasteiger partial charge in [-0.05, 0) is 35.4 Å². The summed E-state index contributed by atoms with van der Waals surface area (Å²) in [6.07, 6.45) is -2.20. The van der Waals surface area contributed by atoms with Gasteiger partial charge in [-0.25, -0.2) is 0 Å². The van der Waals surface area contributed by atoms with Crippen LogP contribution in [-0.4, -0.2) is 23.8 Å². The van der Waals surface area contributed by atoms with E-state index < -0.39 is 12.2 Å². The monoisotopic (exact) mass is 354 g/mol. The van der Waals surface area contributed by atoms with Crippen LogP contribution in [0.1, 0.15) is 23.3 Å². The fourth-order valence-electron chi connectivity index (χ4n) is 2.32. The molecule has 0 fully saturated rings. The molecule has 2 N–H and O–H groups in total. The van der Waals surface area contributed by atoms with Crippen molar-refractivity contribution in [3.05, 3.63) is 47.5 Å². The van der Waals surface area contributed by atoms with Crippen LogP contribution in [-0.2, 0) is 0 Å². The summed E-state index contributed by atoms with van der Waals surface area (Å²) in [5.41, 5.74) is 1.04. The number of benzene rings is 2. The topological polar surface area (TPSA) is 125 Å². The summed E-state index contributed by atoms with van der Waals surface area (Å²) in [5.74, 6) is 2.45. The minimum Gasteiger partial charge on any atom is -0.454 e. The summed E-state index contributed by atoms with van der Waals surface area (Å²) in [6, 6.07) is 13.3. The molecule has 132 valence electrons. The van der Waals surface area contributed by atoms with Crippen LogP contribution in [0.4, 0.5) is 0 Å². The molecule has 2 heterocycles. The number of nitrogens with zero attached hydrogens (tertiary/aromatic N) is 2. The Labute approximate surface area is 149 Å². The van der Waals surface area contributed by atoms with Gasteiger partial charge in [0.15, 0.2) is 35.2 Å². The minimum atomic E-state index is -1.10. The first kappa shape index (κ1) is 17.4. The van der Waals surface area contributed by atoms with Crippen molar-refractivity contribution < 1.29 is 29.2 Å². The van der Waals surface area contributed by atoms with Crippen LogP contribution in [0, 0.1) is 22.7 Å². The van der Waals surface area contributed by atoms with Crippen LogP contribution in [0.2, 0.25) is 0 Å². The molecule has 0 amide bonds. The van der Waals surface area contributed by atoms with Crippen molar-refractivity contribution in [1.82, 2.24) is 0 Å². The third-order valence-electron chi connectivity index (χ3n) is 3.67. The van der Waals surface area contributed by atoms with E-state index in [4.69, 9.17) is 29.5 Å². The number of rotatable bonds is 2. The van der Waals surface area contributed by atoms with E-state index in [1.165, 1.54) is 0 Å². The number of ether oxygens (including phenoxy) is 4. The molecule has 0 saturated carbocycles. The lowest BCUT2D eigenvalue weighted by molar-refractivity contribution is 0.173. The van der Waals surface area contributed by atoms with E-state index in [1.54, 1.807) is 48.5 Å². The van der Waals surface area contributed by atoms with Crippen LogP contribution in [0.15, 0.2) is 36.4 Å². The molecule has 0 aromatic heterocycles. The van der Waals surface area contributed by atoms with E-state index in [9.17, 15) is 10.2 Å². The quantitative estimate of drug-likeness (QED) is 0.784. The molecular formula is C18H14N2O6. The van der Waals surface area contributed by atoms with Gasteiger partial charge in [0, 0.05) is 0 Å². The standard InChI is InChI=1S/2C9H7NO3/c2*10-4-7(11)6-1-2-8-9(3-6)13-5-12-8/h2*1-3,7,11H,5H2. The van der Waals surface area contributed by atoms with E-state index >= 15 is 0 Å². The third kappa shape index (κ3) is 3.62. The van der Waals surface area contributed by atoms with Crippen molar-refractivity contribution in [1.29, 1.82) is 10.5 Å². The Morgan fingerprint density at radius 3 is 1.46 bits per heavy atom. The van der Waals surface area contributed by atoms with Crippen LogP contribution >= 0.6 is 0 Å². The molecule has 0 radical (unpaired) electrons. The highest BCUT2D eigenvalue weighted by Crippen LogP contribution is 2.34. The first-order valence-corrected chi connectivity index (χ1v) is 7.57. The number of hydrogen-bond acceptors (Lipinski definition) is 8. The molecule has 2 unspecified atom stereocenters. The van der Waals surface area contributed by atoms with Gasteiger partial charge in [-0.3, -0.25) is 0 Å². The largest absolute Gasteiger partial charge is 0.454 e. The number of aliphatic hydroxyl groups excluding tert-OH is 2. The van der Waals surface area contributed by atoms with Crippen LogP contribution in [0.5, 0.6) is 23.0 Å². The van der Waals surface area contributed by atoms with Gasteiger partial charge >= 0.3 is 0 Å². The molecule has 8 nitrogen and oxygen atoms in total. The molecule has 0 saturated heterocycles. The number of aliphatic hydroxyl groups is 2. The lowest BCUT2D eigenvalue weighted by Gasteiger charge is -2.02. The van der Waals surface area contributed by atoms with Gasteiger partial charge in [0.25, 0.3) is 0 Å². The van der Waals surface area contributed by atoms with Crippen molar-refractivity contribution in [2.45, 2.75) is 12.2 Å². The molecule has 2 aliphatic heterocycles. The molecule has 4 rings (SSSR count). The molecule has 2 aliphatic rings. The predicted octanol–water partition coefficient (Wildman–Crippen LogP) is 1.94. The van der Waals surface area contributed by atoms with Gasteiger partial charge < -0.3 is 29.2 Å². The summed E-state index contributed by atoms with van der Waals surface area (Å²) in [6.45, 7) is 0.392. The first-order valence-electron chi connectivity index (χ1n) is 7.57. The second kappa shape index (κ2) is 7.62. The van der Waals surface area contributed by atoms with E-state index in [1.807, 2.05) is 0 Å². The Balaban J connectivity index is 0.000000151. The van der Waals surface area contributed by atoms with Gasteiger partial charge in [0.05, 0.1) is 12.1 Å². The smallest absolute Gasteiger partial charge is 0.231 e. The van der Waals surface area contributed by atoms with Crippen molar-refractivity contribution in [2.75, 3.05) is 13.6 Å². The molecular weight excluding hydrogens is 340 g/mol. The highest BCUT2D eigenvalue weighted by molar-refractivity contribution is 5.46. The lowest BCUT2D eigenvalue weighted by atomic mass is 10.1.